The summed E-state index contributed by atoms with van der Waals surface area (Å²) in [6.07, 6.45) is 4.13. The van der Waals surface area contributed by atoms with Crippen molar-refractivity contribution < 1.29 is 9.90 Å². The van der Waals surface area contributed by atoms with Crippen LogP contribution in [0.25, 0.3) is 0 Å². The van der Waals surface area contributed by atoms with Gasteiger partial charge < -0.3 is 5.11 Å². The minimum absolute atomic E-state index is 0.320. The third-order valence-electron chi connectivity index (χ3n) is 3.53. The first-order chi connectivity index (χ1) is 7.58. The molecule has 1 aliphatic rings. The molecule has 0 radical (unpaired) electrons. The van der Waals surface area contributed by atoms with Crippen LogP contribution >= 0.6 is 0 Å². The summed E-state index contributed by atoms with van der Waals surface area (Å²) in [5.74, 6) is -0.403. The van der Waals surface area contributed by atoms with Gasteiger partial charge in [-0.15, -0.1) is 0 Å². The van der Waals surface area contributed by atoms with E-state index >= 15 is 0 Å². The van der Waals surface area contributed by atoms with E-state index < -0.39 is 11.4 Å². The average molecular weight is 219 g/mol. The first-order valence-electron chi connectivity index (χ1n) is 5.77. The second-order valence-corrected chi connectivity index (χ2v) is 4.84. The van der Waals surface area contributed by atoms with Gasteiger partial charge >= 0.3 is 5.97 Å². The maximum Gasteiger partial charge on any atom is 0.315 e. The van der Waals surface area contributed by atoms with Crippen LogP contribution in [0.4, 0.5) is 0 Å². The Morgan fingerprint density at radius 1 is 1.50 bits per heavy atom. The first-order valence-corrected chi connectivity index (χ1v) is 5.77. The second kappa shape index (κ2) is 3.89. The number of aromatic nitrogens is 1. The van der Waals surface area contributed by atoms with E-state index in [2.05, 4.69) is 18.8 Å². The smallest absolute Gasteiger partial charge is 0.315 e. The quantitative estimate of drug-likeness (QED) is 0.850. The van der Waals surface area contributed by atoms with Gasteiger partial charge in [-0.25, -0.2) is 0 Å². The van der Waals surface area contributed by atoms with Crippen LogP contribution in [0.15, 0.2) is 18.3 Å². The molecule has 16 heavy (non-hydrogen) atoms. The largest absolute Gasteiger partial charge is 0.481 e. The summed E-state index contributed by atoms with van der Waals surface area (Å²) in [7, 11) is 0. The van der Waals surface area contributed by atoms with E-state index in [1.807, 2.05) is 12.1 Å². The maximum absolute atomic E-state index is 11.4. The Kier molecular flexibility index (Phi) is 2.70. The summed E-state index contributed by atoms with van der Waals surface area (Å²) in [6.45, 7) is 4.16. The topological polar surface area (TPSA) is 50.2 Å². The van der Waals surface area contributed by atoms with Crippen LogP contribution in [0.3, 0.4) is 0 Å². The first kappa shape index (κ1) is 11.1. The minimum Gasteiger partial charge on any atom is -0.481 e. The van der Waals surface area contributed by atoms with E-state index in [0.29, 0.717) is 5.92 Å². The van der Waals surface area contributed by atoms with Crippen molar-refractivity contribution in [3.63, 3.8) is 0 Å². The molecule has 86 valence electrons. The van der Waals surface area contributed by atoms with E-state index in [0.717, 1.165) is 30.5 Å². The number of hydrogen-bond acceptors (Lipinski definition) is 2. The predicted molar refractivity (Wildman–Crippen MR) is 61.5 cm³/mol. The molecule has 1 fully saturated rings. The van der Waals surface area contributed by atoms with Gasteiger partial charge in [0.25, 0.3) is 0 Å². The molecule has 1 heterocycles. The van der Waals surface area contributed by atoms with Gasteiger partial charge in [0.2, 0.25) is 0 Å². The second-order valence-electron chi connectivity index (χ2n) is 4.84. The van der Waals surface area contributed by atoms with Crippen molar-refractivity contribution in [3.8, 4) is 0 Å². The summed E-state index contributed by atoms with van der Waals surface area (Å²) >= 11 is 0. The molecule has 0 bridgehead atoms. The molecule has 1 N–H and O–H groups in total. The monoisotopic (exact) mass is 219 g/mol. The molecule has 0 saturated heterocycles. The summed E-state index contributed by atoms with van der Waals surface area (Å²) in [5, 5.41) is 9.40. The Hall–Kier alpha value is -1.38. The van der Waals surface area contributed by atoms with Crippen molar-refractivity contribution in [3.05, 3.63) is 29.6 Å². The van der Waals surface area contributed by atoms with Crippen LogP contribution in [-0.4, -0.2) is 16.1 Å². The lowest BCUT2D eigenvalue weighted by Crippen LogP contribution is -2.44. The van der Waals surface area contributed by atoms with Gasteiger partial charge in [0.15, 0.2) is 0 Å². The van der Waals surface area contributed by atoms with Gasteiger partial charge in [-0.1, -0.05) is 26.3 Å². The van der Waals surface area contributed by atoms with E-state index in [4.69, 9.17) is 0 Å². The molecule has 2 rings (SSSR count). The number of hydrogen-bond donors (Lipinski definition) is 1. The molecule has 3 nitrogen and oxygen atoms in total. The number of carbonyl (C=O) groups is 1. The SMILES string of the molecule is CC(C)c1cccnc1C1(C(=O)O)CCC1. The van der Waals surface area contributed by atoms with E-state index in [1.54, 1.807) is 6.20 Å². The molecule has 0 aliphatic heterocycles. The van der Waals surface area contributed by atoms with Crippen molar-refractivity contribution in [2.45, 2.75) is 44.4 Å². The standard InChI is InChI=1S/C13H17NO2/c1-9(2)10-5-3-8-14-11(10)13(12(15)16)6-4-7-13/h3,5,8-9H,4,6-7H2,1-2H3,(H,15,16). The average Bonchev–Trinajstić information content (AvgIpc) is 2.15. The molecule has 1 saturated carbocycles. The van der Waals surface area contributed by atoms with Gasteiger partial charge in [-0.3, -0.25) is 9.78 Å². The highest BCUT2D eigenvalue weighted by Crippen LogP contribution is 2.45. The molecule has 0 unspecified atom stereocenters. The molecule has 0 spiro atoms. The number of carboxylic acid groups (broad SMARTS) is 1. The highest BCUT2D eigenvalue weighted by Gasteiger charge is 2.48. The Labute approximate surface area is 95.5 Å². The zero-order valence-electron chi connectivity index (χ0n) is 9.73. The molecule has 0 amide bonds. The zero-order valence-corrected chi connectivity index (χ0v) is 9.73. The van der Waals surface area contributed by atoms with E-state index in [9.17, 15) is 9.90 Å². The molecule has 3 heteroatoms. The molecule has 0 aromatic carbocycles. The summed E-state index contributed by atoms with van der Waals surface area (Å²) in [6, 6.07) is 3.88. The summed E-state index contributed by atoms with van der Waals surface area (Å²) in [4.78, 5) is 15.8. The Morgan fingerprint density at radius 3 is 2.62 bits per heavy atom. The molecule has 1 aromatic rings. The van der Waals surface area contributed by atoms with Crippen LogP contribution in [0.2, 0.25) is 0 Å². The normalized spacial score (nSPS) is 18.2. The molecule has 0 atom stereocenters. The van der Waals surface area contributed by atoms with Crippen LogP contribution in [0.1, 0.15) is 50.3 Å². The molecule has 1 aliphatic carbocycles. The van der Waals surface area contributed by atoms with Crippen molar-refractivity contribution in [2.24, 2.45) is 0 Å². The summed E-state index contributed by atoms with van der Waals surface area (Å²) < 4.78 is 0. The maximum atomic E-state index is 11.4. The van der Waals surface area contributed by atoms with Crippen molar-refractivity contribution in [1.82, 2.24) is 4.98 Å². The van der Waals surface area contributed by atoms with Crippen molar-refractivity contribution in [2.75, 3.05) is 0 Å². The van der Waals surface area contributed by atoms with Gasteiger partial charge in [-0.05, 0) is 30.4 Å². The highest BCUT2D eigenvalue weighted by molar-refractivity contribution is 5.82. The molecular formula is C13H17NO2. The van der Waals surface area contributed by atoms with Gasteiger partial charge in [-0.2, -0.15) is 0 Å². The third kappa shape index (κ3) is 1.51. The van der Waals surface area contributed by atoms with Crippen LogP contribution in [0.5, 0.6) is 0 Å². The number of nitrogens with zero attached hydrogens (tertiary/aromatic N) is 1. The molecule has 1 aromatic heterocycles. The number of carboxylic acids is 1. The fourth-order valence-electron chi connectivity index (χ4n) is 2.37. The fourth-order valence-corrected chi connectivity index (χ4v) is 2.37. The predicted octanol–water partition coefficient (Wildman–Crippen LogP) is 2.71. The lowest BCUT2D eigenvalue weighted by atomic mass is 9.65. The lowest BCUT2D eigenvalue weighted by Gasteiger charge is -2.38. The fraction of sp³-hybridized carbons (Fsp3) is 0.538. The van der Waals surface area contributed by atoms with Gasteiger partial charge in [0, 0.05) is 6.20 Å². The third-order valence-corrected chi connectivity index (χ3v) is 3.53. The number of rotatable bonds is 3. The number of pyridine rings is 1. The van der Waals surface area contributed by atoms with Crippen LogP contribution < -0.4 is 0 Å². The zero-order chi connectivity index (χ0) is 11.8. The Morgan fingerprint density at radius 2 is 2.19 bits per heavy atom. The van der Waals surface area contributed by atoms with Crippen LogP contribution in [0, 0.1) is 0 Å². The van der Waals surface area contributed by atoms with Gasteiger partial charge in [0.1, 0.15) is 5.41 Å². The van der Waals surface area contributed by atoms with E-state index in [1.165, 1.54) is 0 Å². The van der Waals surface area contributed by atoms with Crippen molar-refractivity contribution in [1.29, 1.82) is 0 Å². The Balaban J connectivity index is 2.50. The highest BCUT2D eigenvalue weighted by atomic mass is 16.4. The Bertz CT molecular complexity index is 408. The number of aliphatic carboxylic acids is 1. The van der Waals surface area contributed by atoms with E-state index in [-0.39, 0.29) is 0 Å². The summed E-state index contributed by atoms with van der Waals surface area (Å²) in [5.41, 5.74) is 1.15. The van der Waals surface area contributed by atoms with Gasteiger partial charge in [0.05, 0.1) is 5.69 Å². The van der Waals surface area contributed by atoms with Crippen LogP contribution in [-0.2, 0) is 10.2 Å². The minimum atomic E-state index is -0.723. The molecular weight excluding hydrogens is 202 g/mol. The van der Waals surface area contributed by atoms with Crippen molar-refractivity contribution >= 4 is 5.97 Å². The lowest BCUT2D eigenvalue weighted by molar-refractivity contribution is -0.147.